The van der Waals surface area contributed by atoms with Crippen molar-refractivity contribution in [2.45, 2.75) is 13.1 Å². The highest BCUT2D eigenvalue weighted by Gasteiger charge is 2.33. The zero-order chi connectivity index (χ0) is 25.7. The van der Waals surface area contributed by atoms with E-state index < -0.39 is 17.6 Å². The van der Waals surface area contributed by atoms with Gasteiger partial charge in [-0.3, -0.25) is 15.6 Å². The monoisotopic (exact) mass is 510 g/mol. The highest BCUT2D eigenvalue weighted by molar-refractivity contribution is 7.80. The maximum atomic E-state index is 13.2. The molecule has 36 heavy (non-hydrogen) atoms. The number of aromatic nitrogens is 1. The predicted octanol–water partition coefficient (Wildman–Crippen LogP) is 5.95. The first-order valence-electron chi connectivity index (χ1n) is 10.9. The Morgan fingerprint density at radius 3 is 2.50 bits per heavy atom. The van der Waals surface area contributed by atoms with Gasteiger partial charge in [-0.2, -0.15) is 13.2 Å². The molecule has 0 bridgehead atoms. The Kier molecular flexibility index (Phi) is 7.35. The second-order valence-corrected chi connectivity index (χ2v) is 8.02. The third-order valence-corrected chi connectivity index (χ3v) is 5.38. The number of rotatable bonds is 5. The van der Waals surface area contributed by atoms with Crippen molar-refractivity contribution < 1.29 is 22.7 Å². The smallest absolute Gasteiger partial charge is 0.418 e. The van der Waals surface area contributed by atoms with E-state index in [4.69, 9.17) is 17.0 Å². The van der Waals surface area contributed by atoms with Gasteiger partial charge in [-0.1, -0.05) is 42.5 Å². The number of ether oxygens (including phenoxy) is 1. The van der Waals surface area contributed by atoms with Gasteiger partial charge in [0, 0.05) is 10.9 Å². The van der Waals surface area contributed by atoms with Crippen LogP contribution in [0.5, 0.6) is 5.75 Å². The van der Waals surface area contributed by atoms with E-state index in [1.54, 1.807) is 24.3 Å². The fourth-order valence-corrected chi connectivity index (χ4v) is 3.76. The lowest BCUT2D eigenvalue weighted by Gasteiger charge is -2.16. The van der Waals surface area contributed by atoms with Gasteiger partial charge in [0.1, 0.15) is 5.75 Å². The van der Waals surface area contributed by atoms with Crippen LogP contribution in [0.4, 0.5) is 18.9 Å². The third kappa shape index (κ3) is 5.72. The molecule has 0 fully saturated rings. The number of carbonyl (C=O) groups is 1. The molecular formula is C26H21F3N4O2S. The average Bonchev–Trinajstić information content (AvgIpc) is 2.86. The standard InChI is InChI=1S/C26H21F3N4O2S/c1-2-35-17-9-7-8-16(14-17)23-15-19(18-10-3-5-12-21(18)30-23)24(34)32-33-25(36)31-22-13-6-4-11-20(22)26(27,28)29/h3-15H,2H2,1H3,(H,32,34)(H2,31,33,36). The van der Waals surface area contributed by atoms with Crippen LogP contribution in [0.1, 0.15) is 22.8 Å². The minimum absolute atomic E-state index is 0.206. The summed E-state index contributed by atoms with van der Waals surface area (Å²) in [4.78, 5) is 17.8. The van der Waals surface area contributed by atoms with Crippen molar-refractivity contribution in [2.75, 3.05) is 11.9 Å². The second kappa shape index (κ2) is 10.6. The summed E-state index contributed by atoms with van der Waals surface area (Å²) in [6.45, 7) is 2.40. The molecule has 4 aromatic rings. The number of halogens is 3. The quantitative estimate of drug-likeness (QED) is 0.228. The number of hydrogen-bond acceptors (Lipinski definition) is 4. The van der Waals surface area contributed by atoms with Gasteiger partial charge in [-0.25, -0.2) is 4.98 Å². The molecule has 3 N–H and O–H groups in total. The van der Waals surface area contributed by atoms with Gasteiger partial charge in [-0.15, -0.1) is 0 Å². The first-order chi connectivity index (χ1) is 17.3. The van der Waals surface area contributed by atoms with Crippen LogP contribution in [-0.2, 0) is 6.18 Å². The van der Waals surface area contributed by atoms with E-state index in [0.717, 1.165) is 11.6 Å². The summed E-state index contributed by atoms with van der Waals surface area (Å²) < 4.78 is 45.3. The minimum atomic E-state index is -4.56. The highest BCUT2D eigenvalue weighted by Crippen LogP contribution is 2.34. The molecule has 6 nitrogen and oxygen atoms in total. The number of nitrogens with zero attached hydrogens (tertiary/aromatic N) is 1. The average molecular weight is 511 g/mol. The van der Waals surface area contributed by atoms with E-state index in [9.17, 15) is 18.0 Å². The van der Waals surface area contributed by atoms with Crippen molar-refractivity contribution in [2.24, 2.45) is 0 Å². The van der Waals surface area contributed by atoms with Crippen LogP contribution in [0, 0.1) is 0 Å². The lowest BCUT2D eigenvalue weighted by atomic mass is 10.0. The van der Waals surface area contributed by atoms with Crippen molar-refractivity contribution in [3.8, 4) is 17.0 Å². The predicted molar refractivity (Wildman–Crippen MR) is 137 cm³/mol. The summed E-state index contributed by atoms with van der Waals surface area (Å²) in [7, 11) is 0. The third-order valence-electron chi connectivity index (χ3n) is 5.17. The van der Waals surface area contributed by atoms with Crippen molar-refractivity contribution >= 4 is 39.8 Å². The van der Waals surface area contributed by atoms with Gasteiger partial charge < -0.3 is 10.1 Å². The van der Waals surface area contributed by atoms with Crippen LogP contribution in [-0.4, -0.2) is 22.6 Å². The Hall–Kier alpha value is -4.18. The number of carbonyl (C=O) groups excluding carboxylic acids is 1. The zero-order valence-electron chi connectivity index (χ0n) is 19.0. The molecule has 1 heterocycles. The summed E-state index contributed by atoms with van der Waals surface area (Å²) in [6.07, 6.45) is -4.56. The molecular weight excluding hydrogens is 489 g/mol. The van der Waals surface area contributed by atoms with E-state index >= 15 is 0 Å². The molecule has 0 atom stereocenters. The van der Waals surface area contributed by atoms with Gasteiger partial charge in [0.15, 0.2) is 5.11 Å². The van der Waals surface area contributed by atoms with Crippen LogP contribution in [0.15, 0.2) is 78.9 Å². The Morgan fingerprint density at radius 1 is 0.972 bits per heavy atom. The SMILES string of the molecule is CCOc1cccc(-c2cc(C(=O)NNC(=S)Nc3ccccc3C(F)(F)F)c3ccccc3n2)c1. The summed E-state index contributed by atoms with van der Waals surface area (Å²) in [6, 6.07) is 21.0. The molecule has 0 aliphatic heterocycles. The number of benzene rings is 3. The largest absolute Gasteiger partial charge is 0.494 e. The normalized spacial score (nSPS) is 11.1. The van der Waals surface area contributed by atoms with Crippen molar-refractivity contribution in [1.29, 1.82) is 0 Å². The van der Waals surface area contributed by atoms with Gasteiger partial charge in [0.05, 0.1) is 34.6 Å². The molecule has 0 unspecified atom stereocenters. The van der Waals surface area contributed by atoms with Gasteiger partial charge in [-0.05, 0) is 55.5 Å². The number of anilines is 1. The number of pyridine rings is 1. The van der Waals surface area contributed by atoms with Gasteiger partial charge in [0.2, 0.25) is 0 Å². The fourth-order valence-electron chi connectivity index (χ4n) is 3.60. The van der Waals surface area contributed by atoms with E-state index in [-0.39, 0.29) is 10.8 Å². The molecule has 3 aromatic carbocycles. The summed E-state index contributed by atoms with van der Waals surface area (Å²) in [5.41, 5.74) is 6.04. The van der Waals surface area contributed by atoms with E-state index in [2.05, 4.69) is 21.2 Å². The number of hydrogen-bond donors (Lipinski definition) is 3. The first kappa shape index (κ1) is 24.9. The minimum Gasteiger partial charge on any atom is -0.494 e. The zero-order valence-corrected chi connectivity index (χ0v) is 19.8. The number of thiocarbonyl (C=S) groups is 1. The molecule has 0 saturated heterocycles. The van der Waals surface area contributed by atoms with Crippen LogP contribution >= 0.6 is 12.2 Å². The van der Waals surface area contributed by atoms with Crippen LogP contribution in [0.25, 0.3) is 22.2 Å². The van der Waals surface area contributed by atoms with Crippen LogP contribution < -0.4 is 20.9 Å². The number of fused-ring (bicyclic) bond motifs is 1. The molecule has 1 aromatic heterocycles. The molecule has 1 amide bonds. The molecule has 4 rings (SSSR count). The Morgan fingerprint density at radius 2 is 1.72 bits per heavy atom. The molecule has 184 valence electrons. The maximum absolute atomic E-state index is 13.2. The van der Waals surface area contributed by atoms with E-state index in [1.165, 1.54) is 18.2 Å². The Balaban J connectivity index is 1.57. The molecule has 10 heteroatoms. The number of hydrazine groups is 1. The van der Waals surface area contributed by atoms with Gasteiger partial charge in [0.25, 0.3) is 5.91 Å². The molecule has 0 radical (unpaired) electrons. The molecule has 0 saturated carbocycles. The summed E-state index contributed by atoms with van der Waals surface area (Å²) in [5, 5.41) is 2.87. The maximum Gasteiger partial charge on any atom is 0.418 e. The number of amides is 1. The van der Waals surface area contributed by atoms with Crippen LogP contribution in [0.2, 0.25) is 0 Å². The Labute approximate surface area is 210 Å². The van der Waals surface area contributed by atoms with Gasteiger partial charge >= 0.3 is 6.18 Å². The summed E-state index contributed by atoms with van der Waals surface area (Å²) in [5.74, 6) is 0.136. The summed E-state index contributed by atoms with van der Waals surface area (Å²) >= 11 is 5.09. The van der Waals surface area contributed by atoms with Crippen LogP contribution in [0.3, 0.4) is 0 Å². The van der Waals surface area contributed by atoms with E-state index in [1.807, 2.05) is 37.3 Å². The fraction of sp³-hybridized carbons (Fsp3) is 0.115. The van der Waals surface area contributed by atoms with Crippen molar-refractivity contribution in [1.82, 2.24) is 15.8 Å². The number of alkyl halides is 3. The van der Waals surface area contributed by atoms with E-state index in [0.29, 0.717) is 34.5 Å². The van der Waals surface area contributed by atoms with Crippen molar-refractivity contribution in [3.05, 3.63) is 90.0 Å². The number of nitrogens with one attached hydrogen (secondary N) is 3. The lowest BCUT2D eigenvalue weighted by Crippen LogP contribution is -2.44. The number of para-hydroxylation sites is 2. The molecule has 0 aliphatic rings. The topological polar surface area (TPSA) is 75.3 Å². The second-order valence-electron chi connectivity index (χ2n) is 7.61. The first-order valence-corrected chi connectivity index (χ1v) is 11.3. The molecule has 0 spiro atoms. The van der Waals surface area contributed by atoms with Crippen molar-refractivity contribution in [3.63, 3.8) is 0 Å². The Bertz CT molecular complexity index is 1430. The molecule has 0 aliphatic carbocycles. The lowest BCUT2D eigenvalue weighted by molar-refractivity contribution is -0.136. The highest BCUT2D eigenvalue weighted by atomic mass is 32.1.